The lowest BCUT2D eigenvalue weighted by atomic mass is 9.78. The number of thioether (sulfide) groups is 1. The Hall–Kier alpha value is -3.56. The van der Waals surface area contributed by atoms with Gasteiger partial charge in [-0.15, -0.1) is 11.8 Å². The molecule has 0 saturated carbocycles. The number of carbonyl (C=O) groups excluding carboxylic acids is 3. The molecule has 1 spiro atoms. The van der Waals surface area contributed by atoms with Gasteiger partial charge in [-0.2, -0.15) is 0 Å². The highest BCUT2D eigenvalue weighted by Crippen LogP contribution is 2.61. The number of aryl methyl sites for hydroxylation is 2. The summed E-state index contributed by atoms with van der Waals surface area (Å²) in [6, 6.07) is 12.6. The SMILES string of the molecule is CCOc1ccc(N2CC=C[C@@H]3S[C@]45C=CCN(c6c(C)cccc6C)C(=O)C4N(CCCO)C(=O)[C@@H]5[C@@H]3C2=O)cc1. The summed E-state index contributed by atoms with van der Waals surface area (Å²) in [4.78, 5) is 48.5. The van der Waals surface area contributed by atoms with Crippen molar-refractivity contribution in [3.8, 4) is 5.75 Å². The molecule has 9 heteroatoms. The fraction of sp³-hybridized carbons (Fsp3) is 0.424. The maximum Gasteiger partial charge on any atom is 0.251 e. The maximum atomic E-state index is 14.6. The van der Waals surface area contributed by atoms with Gasteiger partial charge in [0.15, 0.2) is 0 Å². The average Bonchev–Trinajstić information content (AvgIpc) is 3.28. The van der Waals surface area contributed by atoms with Gasteiger partial charge in [0.05, 0.1) is 23.2 Å². The van der Waals surface area contributed by atoms with E-state index >= 15 is 0 Å². The number of likely N-dealkylation sites (tertiary alicyclic amines) is 1. The molecule has 0 radical (unpaired) electrons. The van der Waals surface area contributed by atoms with E-state index in [1.165, 1.54) is 0 Å². The quantitative estimate of drug-likeness (QED) is 0.495. The van der Waals surface area contributed by atoms with Crippen molar-refractivity contribution in [3.63, 3.8) is 0 Å². The zero-order chi connectivity index (χ0) is 29.6. The van der Waals surface area contributed by atoms with E-state index in [0.717, 1.165) is 28.3 Å². The Morgan fingerprint density at radius 3 is 2.36 bits per heavy atom. The first-order chi connectivity index (χ1) is 20.3. The number of para-hydroxylation sites is 1. The molecule has 0 aromatic heterocycles. The lowest BCUT2D eigenvalue weighted by Crippen LogP contribution is -2.53. The minimum Gasteiger partial charge on any atom is -0.494 e. The highest BCUT2D eigenvalue weighted by atomic mass is 32.2. The van der Waals surface area contributed by atoms with Crippen LogP contribution in [0.1, 0.15) is 24.5 Å². The van der Waals surface area contributed by atoms with E-state index in [1.54, 1.807) is 26.5 Å². The smallest absolute Gasteiger partial charge is 0.251 e. The Balaban J connectivity index is 1.41. The number of fused-ring (bicyclic) bond motifs is 2. The molecule has 4 heterocycles. The van der Waals surface area contributed by atoms with Crippen LogP contribution in [0.3, 0.4) is 0 Å². The largest absolute Gasteiger partial charge is 0.494 e. The number of aliphatic hydroxyl groups is 1. The van der Waals surface area contributed by atoms with Gasteiger partial charge in [-0.25, -0.2) is 0 Å². The number of hydrogen-bond acceptors (Lipinski definition) is 6. The van der Waals surface area contributed by atoms with Crippen molar-refractivity contribution in [1.29, 1.82) is 0 Å². The molecule has 5 atom stereocenters. The fourth-order valence-electron chi connectivity index (χ4n) is 7.17. The van der Waals surface area contributed by atoms with Gasteiger partial charge in [-0.3, -0.25) is 14.4 Å². The lowest BCUT2D eigenvalue weighted by Gasteiger charge is -2.36. The summed E-state index contributed by atoms with van der Waals surface area (Å²) in [5.74, 6) is -1.04. The number of amides is 3. The third kappa shape index (κ3) is 4.45. The van der Waals surface area contributed by atoms with Gasteiger partial charge in [0.2, 0.25) is 11.8 Å². The van der Waals surface area contributed by atoms with Crippen molar-refractivity contribution in [3.05, 3.63) is 77.9 Å². The number of rotatable bonds is 7. The Kier molecular flexibility index (Phi) is 7.66. The Morgan fingerprint density at radius 2 is 1.67 bits per heavy atom. The summed E-state index contributed by atoms with van der Waals surface area (Å²) in [5.41, 5.74) is 3.58. The van der Waals surface area contributed by atoms with Crippen molar-refractivity contribution in [1.82, 2.24) is 4.90 Å². The summed E-state index contributed by atoms with van der Waals surface area (Å²) in [7, 11) is 0. The first-order valence-electron chi connectivity index (χ1n) is 14.7. The standard InChI is InChI=1S/C33H37N3O5S/c1-4-41-24-14-12-23(13-15-24)34-17-6-11-25-26(30(34)38)27-31(39)36(19-8-20-37)29-32(40)35(18-7-16-33(27,29)42-25)28-21(2)9-5-10-22(28)3/h5-7,9-16,25-27,29,37H,4,8,17-20H2,1-3H3/t25-,26+,27-,29?,33-/m0/s1. The van der Waals surface area contributed by atoms with E-state index < -0.39 is 22.6 Å². The predicted molar refractivity (Wildman–Crippen MR) is 165 cm³/mol. The summed E-state index contributed by atoms with van der Waals surface area (Å²) in [5, 5.41) is 9.44. The van der Waals surface area contributed by atoms with Crippen LogP contribution in [-0.2, 0) is 14.4 Å². The Bertz CT molecular complexity index is 1440. The molecule has 1 unspecified atom stereocenters. The lowest BCUT2D eigenvalue weighted by molar-refractivity contribution is -0.138. The van der Waals surface area contributed by atoms with Gasteiger partial charge < -0.3 is 24.5 Å². The molecular weight excluding hydrogens is 550 g/mol. The van der Waals surface area contributed by atoms with Crippen molar-refractivity contribution >= 4 is 40.9 Å². The molecule has 42 heavy (non-hydrogen) atoms. The monoisotopic (exact) mass is 587 g/mol. The van der Waals surface area contributed by atoms with Crippen LogP contribution in [-0.4, -0.2) is 76.6 Å². The maximum absolute atomic E-state index is 14.6. The van der Waals surface area contributed by atoms with Crippen LogP contribution in [0.25, 0.3) is 0 Å². The highest BCUT2D eigenvalue weighted by Gasteiger charge is 2.71. The molecule has 2 aromatic carbocycles. The molecule has 6 rings (SSSR count). The van der Waals surface area contributed by atoms with Crippen molar-refractivity contribution in [2.75, 3.05) is 42.6 Å². The molecule has 1 N–H and O–H groups in total. The molecule has 3 amide bonds. The van der Waals surface area contributed by atoms with E-state index in [2.05, 4.69) is 0 Å². The van der Waals surface area contributed by atoms with Crippen molar-refractivity contribution in [2.24, 2.45) is 11.8 Å². The second kappa shape index (κ2) is 11.3. The summed E-state index contributed by atoms with van der Waals surface area (Å²) < 4.78 is 4.69. The molecule has 2 saturated heterocycles. The molecule has 8 nitrogen and oxygen atoms in total. The zero-order valence-electron chi connectivity index (χ0n) is 24.2. The Morgan fingerprint density at radius 1 is 0.952 bits per heavy atom. The number of aliphatic hydroxyl groups excluding tert-OH is 1. The van der Waals surface area contributed by atoms with E-state index in [9.17, 15) is 19.5 Å². The van der Waals surface area contributed by atoms with Gasteiger partial charge in [-0.05, 0) is 62.6 Å². The molecule has 2 aromatic rings. The number of nitrogens with zero attached hydrogens (tertiary/aromatic N) is 3. The number of benzene rings is 2. The topological polar surface area (TPSA) is 90.4 Å². The van der Waals surface area contributed by atoms with Gasteiger partial charge in [-0.1, -0.05) is 42.5 Å². The molecule has 2 fully saturated rings. The summed E-state index contributed by atoms with van der Waals surface area (Å²) in [6.07, 6.45) is 8.43. The molecule has 0 aliphatic carbocycles. The molecule has 0 bridgehead atoms. The zero-order valence-corrected chi connectivity index (χ0v) is 25.0. The van der Waals surface area contributed by atoms with E-state index in [4.69, 9.17) is 4.74 Å². The molecule has 4 aliphatic heterocycles. The molecule has 4 aliphatic rings. The average molecular weight is 588 g/mol. The van der Waals surface area contributed by atoms with Crippen LogP contribution < -0.4 is 14.5 Å². The number of ether oxygens (including phenoxy) is 1. The van der Waals surface area contributed by atoms with Gasteiger partial charge >= 0.3 is 0 Å². The van der Waals surface area contributed by atoms with E-state index in [1.807, 2.05) is 87.5 Å². The second-order valence-electron chi connectivity index (χ2n) is 11.3. The van der Waals surface area contributed by atoms with Crippen molar-refractivity contribution < 1.29 is 24.2 Å². The van der Waals surface area contributed by atoms with Crippen LogP contribution in [0, 0.1) is 25.7 Å². The van der Waals surface area contributed by atoms with Crippen LogP contribution in [0.5, 0.6) is 5.75 Å². The summed E-state index contributed by atoms with van der Waals surface area (Å²) in [6.45, 7) is 7.42. The normalized spacial score (nSPS) is 28.5. The number of hydrogen-bond donors (Lipinski definition) is 1. The van der Waals surface area contributed by atoms with E-state index in [0.29, 0.717) is 26.1 Å². The van der Waals surface area contributed by atoms with Crippen molar-refractivity contribution in [2.45, 2.75) is 43.2 Å². The van der Waals surface area contributed by atoms with Crippen LogP contribution in [0.15, 0.2) is 66.8 Å². The molecule has 220 valence electrons. The van der Waals surface area contributed by atoms with E-state index in [-0.39, 0.29) is 36.1 Å². The van der Waals surface area contributed by atoms with Gasteiger partial charge in [0.1, 0.15) is 11.8 Å². The number of carbonyl (C=O) groups is 3. The third-order valence-electron chi connectivity index (χ3n) is 8.88. The van der Waals surface area contributed by atoms with Crippen LogP contribution in [0.4, 0.5) is 11.4 Å². The third-order valence-corrected chi connectivity index (χ3v) is 10.6. The first kappa shape index (κ1) is 28.6. The summed E-state index contributed by atoms with van der Waals surface area (Å²) >= 11 is 1.57. The fourth-order valence-corrected chi connectivity index (χ4v) is 9.18. The van der Waals surface area contributed by atoms with Gasteiger partial charge in [0, 0.05) is 42.9 Å². The predicted octanol–water partition coefficient (Wildman–Crippen LogP) is 3.89. The second-order valence-corrected chi connectivity index (χ2v) is 12.8. The highest BCUT2D eigenvalue weighted by molar-refractivity contribution is 8.02. The van der Waals surface area contributed by atoms with Crippen LogP contribution in [0.2, 0.25) is 0 Å². The minimum atomic E-state index is -0.897. The Labute approximate surface area is 251 Å². The van der Waals surface area contributed by atoms with Gasteiger partial charge in [0.25, 0.3) is 5.91 Å². The van der Waals surface area contributed by atoms with Crippen LogP contribution >= 0.6 is 11.8 Å². The number of anilines is 2. The minimum absolute atomic E-state index is 0.0921. The molecular formula is C33H37N3O5S. The first-order valence-corrected chi connectivity index (χ1v) is 15.6.